The van der Waals surface area contributed by atoms with E-state index in [1.165, 1.54) is 6.33 Å². The minimum atomic E-state index is 0.0689. The first-order valence-electron chi connectivity index (χ1n) is 7.80. The summed E-state index contributed by atoms with van der Waals surface area (Å²) in [7, 11) is 1.77. The highest BCUT2D eigenvalue weighted by molar-refractivity contribution is 5.75. The van der Waals surface area contributed by atoms with Crippen molar-refractivity contribution in [1.82, 2.24) is 24.8 Å². The second kappa shape index (κ2) is 7.54. The first kappa shape index (κ1) is 15.9. The standard InChI is InChI=1S/C17H19N5O2/c1-21(17(23)8-5-9-22-13-18-12-19-22)11-15-10-16(24-20-15)14-6-3-2-4-7-14/h2-4,6-7,10,12-13H,5,8-9,11H2,1H3. The van der Waals surface area contributed by atoms with Crippen LogP contribution in [0.25, 0.3) is 11.3 Å². The van der Waals surface area contributed by atoms with Crippen molar-refractivity contribution < 1.29 is 9.32 Å². The largest absolute Gasteiger partial charge is 0.356 e. The molecule has 0 saturated carbocycles. The molecular formula is C17H19N5O2. The number of nitrogens with zero attached hydrogens (tertiary/aromatic N) is 5. The van der Waals surface area contributed by atoms with Crippen LogP contribution in [0.1, 0.15) is 18.5 Å². The maximum Gasteiger partial charge on any atom is 0.222 e. The van der Waals surface area contributed by atoms with Crippen LogP contribution in [-0.2, 0) is 17.9 Å². The zero-order valence-electron chi connectivity index (χ0n) is 13.5. The topological polar surface area (TPSA) is 77.0 Å². The number of hydrogen-bond donors (Lipinski definition) is 0. The van der Waals surface area contributed by atoms with Gasteiger partial charge in [-0.2, -0.15) is 5.10 Å². The lowest BCUT2D eigenvalue weighted by molar-refractivity contribution is -0.130. The molecule has 7 heteroatoms. The fraction of sp³-hybridized carbons (Fsp3) is 0.294. The van der Waals surface area contributed by atoms with Crippen LogP contribution in [0.3, 0.4) is 0 Å². The van der Waals surface area contributed by atoms with Gasteiger partial charge in [0.05, 0.1) is 6.54 Å². The average Bonchev–Trinajstić information content (AvgIpc) is 3.27. The first-order chi connectivity index (χ1) is 11.7. The van der Waals surface area contributed by atoms with Crippen molar-refractivity contribution in [2.75, 3.05) is 7.05 Å². The summed E-state index contributed by atoms with van der Waals surface area (Å²) >= 11 is 0. The van der Waals surface area contributed by atoms with Gasteiger partial charge in [-0.1, -0.05) is 35.5 Å². The van der Waals surface area contributed by atoms with Gasteiger partial charge >= 0.3 is 0 Å². The normalized spacial score (nSPS) is 10.7. The van der Waals surface area contributed by atoms with Gasteiger partial charge in [0.2, 0.25) is 5.91 Å². The summed E-state index contributed by atoms with van der Waals surface area (Å²) in [4.78, 5) is 17.7. The summed E-state index contributed by atoms with van der Waals surface area (Å²) in [6.45, 7) is 1.11. The Balaban J connectivity index is 1.50. The highest BCUT2D eigenvalue weighted by atomic mass is 16.5. The average molecular weight is 325 g/mol. The number of rotatable bonds is 7. The van der Waals surface area contributed by atoms with E-state index in [1.807, 2.05) is 36.4 Å². The molecule has 0 bridgehead atoms. The Morgan fingerprint density at radius 1 is 1.29 bits per heavy atom. The molecule has 24 heavy (non-hydrogen) atoms. The highest BCUT2D eigenvalue weighted by Crippen LogP contribution is 2.20. The molecule has 1 amide bonds. The van der Waals surface area contributed by atoms with E-state index in [9.17, 15) is 4.79 Å². The number of carbonyl (C=O) groups is 1. The van der Waals surface area contributed by atoms with Crippen LogP contribution in [0, 0.1) is 0 Å². The van der Waals surface area contributed by atoms with Gasteiger partial charge in [0, 0.05) is 31.6 Å². The lowest BCUT2D eigenvalue weighted by atomic mass is 10.1. The SMILES string of the molecule is CN(Cc1cc(-c2ccccc2)on1)C(=O)CCCn1cncn1. The maximum atomic E-state index is 12.2. The summed E-state index contributed by atoms with van der Waals surface area (Å²) in [6.07, 6.45) is 4.32. The minimum absolute atomic E-state index is 0.0689. The van der Waals surface area contributed by atoms with E-state index in [1.54, 1.807) is 23.0 Å². The Hall–Kier alpha value is -2.96. The van der Waals surface area contributed by atoms with Crippen LogP contribution < -0.4 is 0 Å². The van der Waals surface area contributed by atoms with Crippen LogP contribution in [0.5, 0.6) is 0 Å². The smallest absolute Gasteiger partial charge is 0.222 e. The van der Waals surface area contributed by atoms with Gasteiger partial charge in [-0.15, -0.1) is 0 Å². The van der Waals surface area contributed by atoms with Crippen molar-refractivity contribution >= 4 is 5.91 Å². The fourth-order valence-corrected chi connectivity index (χ4v) is 2.39. The molecule has 0 saturated heterocycles. The van der Waals surface area contributed by atoms with Crippen molar-refractivity contribution in [1.29, 1.82) is 0 Å². The Morgan fingerprint density at radius 3 is 2.88 bits per heavy atom. The van der Waals surface area contributed by atoms with E-state index in [-0.39, 0.29) is 5.91 Å². The van der Waals surface area contributed by atoms with Gasteiger partial charge in [0.1, 0.15) is 18.3 Å². The van der Waals surface area contributed by atoms with E-state index in [2.05, 4.69) is 15.2 Å². The Kier molecular flexibility index (Phi) is 5.00. The van der Waals surface area contributed by atoms with Gasteiger partial charge in [0.15, 0.2) is 5.76 Å². The number of aryl methyl sites for hydroxylation is 1. The van der Waals surface area contributed by atoms with Gasteiger partial charge in [-0.05, 0) is 6.42 Å². The summed E-state index contributed by atoms with van der Waals surface area (Å²) in [5.74, 6) is 0.775. The van der Waals surface area contributed by atoms with Crippen LogP contribution in [0.2, 0.25) is 0 Å². The van der Waals surface area contributed by atoms with E-state index in [4.69, 9.17) is 4.52 Å². The first-order valence-corrected chi connectivity index (χ1v) is 7.80. The monoisotopic (exact) mass is 325 g/mol. The van der Waals surface area contributed by atoms with Crippen molar-refractivity contribution in [2.24, 2.45) is 0 Å². The van der Waals surface area contributed by atoms with Gasteiger partial charge in [-0.3, -0.25) is 9.48 Å². The van der Waals surface area contributed by atoms with E-state index < -0.39 is 0 Å². The Labute approximate surface area is 139 Å². The molecule has 0 unspecified atom stereocenters. The molecule has 0 radical (unpaired) electrons. The third-order valence-corrected chi connectivity index (χ3v) is 3.69. The number of amides is 1. The zero-order chi connectivity index (χ0) is 16.8. The molecule has 0 fully saturated rings. The minimum Gasteiger partial charge on any atom is -0.356 e. The highest BCUT2D eigenvalue weighted by Gasteiger charge is 2.13. The number of carbonyl (C=O) groups excluding carboxylic acids is 1. The molecule has 0 aliphatic carbocycles. The molecule has 7 nitrogen and oxygen atoms in total. The van der Waals surface area contributed by atoms with E-state index in [0.717, 1.165) is 17.7 Å². The Bertz CT molecular complexity index is 767. The van der Waals surface area contributed by atoms with E-state index in [0.29, 0.717) is 25.3 Å². The van der Waals surface area contributed by atoms with Gasteiger partial charge in [0.25, 0.3) is 0 Å². The third kappa shape index (κ3) is 4.07. The predicted octanol–water partition coefficient (Wildman–Crippen LogP) is 2.37. The molecule has 0 atom stereocenters. The van der Waals surface area contributed by atoms with Crippen LogP contribution in [-0.4, -0.2) is 37.8 Å². The lowest BCUT2D eigenvalue weighted by Gasteiger charge is -2.15. The zero-order valence-corrected chi connectivity index (χ0v) is 13.5. The number of hydrogen-bond acceptors (Lipinski definition) is 5. The summed E-state index contributed by atoms with van der Waals surface area (Å²) < 4.78 is 7.07. The van der Waals surface area contributed by atoms with Crippen molar-refractivity contribution in [2.45, 2.75) is 25.9 Å². The van der Waals surface area contributed by atoms with E-state index >= 15 is 0 Å². The quantitative estimate of drug-likeness (QED) is 0.666. The number of aromatic nitrogens is 4. The molecular weight excluding hydrogens is 306 g/mol. The predicted molar refractivity (Wildman–Crippen MR) is 87.7 cm³/mol. The molecule has 2 heterocycles. The summed E-state index contributed by atoms with van der Waals surface area (Å²) in [5, 5.41) is 8.06. The second-order valence-electron chi connectivity index (χ2n) is 5.56. The molecule has 124 valence electrons. The van der Waals surface area contributed by atoms with Crippen LogP contribution >= 0.6 is 0 Å². The molecule has 2 aromatic heterocycles. The van der Waals surface area contributed by atoms with Gasteiger partial charge in [-0.25, -0.2) is 4.98 Å². The van der Waals surface area contributed by atoms with Crippen molar-refractivity contribution in [3.05, 3.63) is 54.7 Å². The van der Waals surface area contributed by atoms with Crippen LogP contribution in [0.15, 0.2) is 53.6 Å². The molecule has 0 aliphatic heterocycles. The molecule has 0 N–H and O–H groups in total. The third-order valence-electron chi connectivity index (χ3n) is 3.69. The number of benzene rings is 1. The van der Waals surface area contributed by atoms with Crippen molar-refractivity contribution in [3.63, 3.8) is 0 Å². The molecule has 1 aromatic carbocycles. The fourth-order valence-electron chi connectivity index (χ4n) is 2.39. The van der Waals surface area contributed by atoms with Crippen molar-refractivity contribution in [3.8, 4) is 11.3 Å². The molecule has 3 aromatic rings. The summed E-state index contributed by atoms with van der Waals surface area (Å²) in [6, 6.07) is 11.6. The van der Waals surface area contributed by atoms with Gasteiger partial charge < -0.3 is 9.42 Å². The molecule has 0 aliphatic rings. The second-order valence-corrected chi connectivity index (χ2v) is 5.56. The molecule has 0 spiro atoms. The lowest BCUT2D eigenvalue weighted by Crippen LogP contribution is -2.26. The Morgan fingerprint density at radius 2 is 2.12 bits per heavy atom. The molecule has 3 rings (SSSR count). The maximum absolute atomic E-state index is 12.2. The summed E-state index contributed by atoms with van der Waals surface area (Å²) in [5.41, 5.74) is 1.71. The van der Waals surface area contributed by atoms with Crippen LogP contribution in [0.4, 0.5) is 0 Å².